The Morgan fingerprint density at radius 2 is 2.18 bits per heavy atom. The molecule has 0 radical (unpaired) electrons. The first-order valence-corrected chi connectivity index (χ1v) is 4.89. The summed E-state index contributed by atoms with van der Waals surface area (Å²) in [7, 11) is 0. The van der Waals surface area contributed by atoms with Crippen LogP contribution < -0.4 is 0 Å². The van der Waals surface area contributed by atoms with Crippen LogP contribution in [0.1, 0.15) is 0 Å². The molecule has 4 heteroatoms. The third-order valence-corrected chi connectivity index (χ3v) is 2.61. The maximum Gasteiger partial charge on any atom is 0.140 e. The number of aromatic hydroxyl groups is 1. The normalized spacial score (nSPS) is 10.1. The first kappa shape index (κ1) is 8.87. The van der Waals surface area contributed by atoms with Crippen LogP contribution >= 0.6 is 27.7 Å². The quantitative estimate of drug-likeness (QED) is 0.757. The third kappa shape index (κ3) is 1.87. The minimum Gasteiger partial charge on any atom is -0.507 e. The van der Waals surface area contributed by atoms with E-state index in [1.54, 1.807) is 12.3 Å². The summed E-state index contributed by atoms with van der Waals surface area (Å²) in [5, 5.41) is 9.02. The number of rotatable bonds is 1. The fourth-order valence-electron chi connectivity index (χ4n) is 0.675. The molecule has 1 aromatic carbocycles. The average molecular weight is 237 g/mol. The molecule has 0 spiro atoms. The standard InChI is InChI=1S/C7H6BrFOS/c1-11-7-2-4(8)6(10)3-5(7)9/h2-3,10H,1H3. The lowest BCUT2D eigenvalue weighted by atomic mass is 10.3. The third-order valence-electron chi connectivity index (χ3n) is 1.22. The molecule has 0 aliphatic heterocycles. The van der Waals surface area contributed by atoms with Gasteiger partial charge in [0.25, 0.3) is 0 Å². The highest BCUT2D eigenvalue weighted by atomic mass is 79.9. The summed E-state index contributed by atoms with van der Waals surface area (Å²) in [6, 6.07) is 2.64. The second kappa shape index (κ2) is 3.45. The number of benzene rings is 1. The molecular weight excluding hydrogens is 231 g/mol. The molecule has 0 unspecified atom stereocenters. The zero-order valence-corrected chi connectivity index (χ0v) is 8.17. The van der Waals surface area contributed by atoms with E-state index in [-0.39, 0.29) is 5.75 Å². The molecular formula is C7H6BrFOS. The molecule has 0 fully saturated rings. The van der Waals surface area contributed by atoms with Gasteiger partial charge in [0.2, 0.25) is 0 Å². The Morgan fingerprint density at radius 1 is 1.55 bits per heavy atom. The Balaban J connectivity index is 3.21. The lowest BCUT2D eigenvalue weighted by Crippen LogP contribution is -1.80. The van der Waals surface area contributed by atoms with E-state index in [1.165, 1.54) is 11.8 Å². The van der Waals surface area contributed by atoms with Gasteiger partial charge in [-0.3, -0.25) is 0 Å². The van der Waals surface area contributed by atoms with Crippen LogP contribution in [0.4, 0.5) is 4.39 Å². The zero-order valence-electron chi connectivity index (χ0n) is 5.77. The molecule has 1 aromatic rings. The summed E-state index contributed by atoms with van der Waals surface area (Å²) in [5.41, 5.74) is 0. The van der Waals surface area contributed by atoms with Crippen molar-refractivity contribution in [3.63, 3.8) is 0 Å². The summed E-state index contributed by atoms with van der Waals surface area (Å²) >= 11 is 4.39. The Morgan fingerprint density at radius 3 is 2.73 bits per heavy atom. The van der Waals surface area contributed by atoms with E-state index < -0.39 is 5.82 Å². The van der Waals surface area contributed by atoms with Crippen LogP contribution in [0.3, 0.4) is 0 Å². The number of phenolic OH excluding ortho intramolecular Hbond substituents is 1. The summed E-state index contributed by atoms with van der Waals surface area (Å²) in [5.74, 6) is -0.460. The van der Waals surface area contributed by atoms with Crippen molar-refractivity contribution in [1.29, 1.82) is 0 Å². The lowest BCUT2D eigenvalue weighted by Gasteiger charge is -2.01. The van der Waals surface area contributed by atoms with Gasteiger partial charge in [0.15, 0.2) is 0 Å². The van der Waals surface area contributed by atoms with E-state index in [0.29, 0.717) is 9.37 Å². The molecule has 1 rings (SSSR count). The molecule has 0 bridgehead atoms. The number of phenols is 1. The van der Waals surface area contributed by atoms with E-state index >= 15 is 0 Å². The summed E-state index contributed by atoms with van der Waals surface area (Å²) < 4.78 is 13.3. The second-order valence-corrected chi connectivity index (χ2v) is 3.64. The molecule has 60 valence electrons. The number of halogens is 2. The molecule has 1 N–H and O–H groups in total. The topological polar surface area (TPSA) is 20.2 Å². The molecule has 11 heavy (non-hydrogen) atoms. The van der Waals surface area contributed by atoms with E-state index in [4.69, 9.17) is 5.11 Å². The van der Waals surface area contributed by atoms with E-state index in [9.17, 15) is 4.39 Å². The highest BCUT2D eigenvalue weighted by Gasteiger charge is 2.05. The maximum absolute atomic E-state index is 12.8. The molecule has 0 saturated carbocycles. The Kier molecular flexibility index (Phi) is 2.78. The molecule has 0 heterocycles. The van der Waals surface area contributed by atoms with Gasteiger partial charge in [-0.15, -0.1) is 11.8 Å². The van der Waals surface area contributed by atoms with Gasteiger partial charge >= 0.3 is 0 Å². The van der Waals surface area contributed by atoms with Crippen molar-refractivity contribution in [1.82, 2.24) is 0 Å². The molecule has 0 aliphatic carbocycles. The van der Waals surface area contributed by atoms with Crippen molar-refractivity contribution in [2.24, 2.45) is 0 Å². The smallest absolute Gasteiger partial charge is 0.140 e. The maximum atomic E-state index is 12.8. The van der Waals surface area contributed by atoms with E-state index in [2.05, 4.69) is 15.9 Å². The van der Waals surface area contributed by atoms with Crippen LogP contribution in [0.5, 0.6) is 5.75 Å². The SMILES string of the molecule is CSc1cc(Br)c(O)cc1F. The molecule has 0 atom stereocenters. The van der Waals surface area contributed by atoms with Gasteiger partial charge in [0.05, 0.1) is 4.47 Å². The molecule has 1 nitrogen and oxygen atoms in total. The predicted molar refractivity (Wildman–Crippen MR) is 47.5 cm³/mol. The first-order valence-electron chi connectivity index (χ1n) is 2.87. The van der Waals surface area contributed by atoms with Crippen LogP contribution in [-0.2, 0) is 0 Å². The van der Waals surface area contributed by atoms with Crippen LogP contribution in [0.25, 0.3) is 0 Å². The fourth-order valence-corrected chi connectivity index (χ4v) is 1.66. The number of hydrogen-bond acceptors (Lipinski definition) is 2. The monoisotopic (exact) mass is 236 g/mol. The van der Waals surface area contributed by atoms with Crippen molar-refractivity contribution >= 4 is 27.7 Å². The Hall–Kier alpha value is -0.220. The Labute approximate surface area is 76.7 Å². The van der Waals surface area contributed by atoms with Gasteiger partial charge in [0.1, 0.15) is 11.6 Å². The minimum atomic E-state index is -0.391. The average Bonchev–Trinajstić information content (AvgIpc) is 1.97. The predicted octanol–water partition coefficient (Wildman–Crippen LogP) is 3.02. The van der Waals surface area contributed by atoms with Crippen LogP contribution in [-0.4, -0.2) is 11.4 Å². The summed E-state index contributed by atoms with van der Waals surface area (Å²) in [6.07, 6.45) is 1.78. The Bertz CT molecular complexity index is 277. The fraction of sp³-hybridized carbons (Fsp3) is 0.143. The van der Waals surface area contributed by atoms with Crippen LogP contribution in [0.2, 0.25) is 0 Å². The van der Waals surface area contributed by atoms with E-state index in [0.717, 1.165) is 6.07 Å². The van der Waals surface area contributed by atoms with Crippen molar-refractivity contribution in [3.05, 3.63) is 22.4 Å². The van der Waals surface area contributed by atoms with Gasteiger partial charge in [-0.05, 0) is 28.3 Å². The van der Waals surface area contributed by atoms with Gasteiger partial charge in [-0.25, -0.2) is 4.39 Å². The number of hydrogen-bond donors (Lipinski definition) is 1. The van der Waals surface area contributed by atoms with Crippen LogP contribution in [0.15, 0.2) is 21.5 Å². The van der Waals surface area contributed by atoms with Gasteiger partial charge in [-0.1, -0.05) is 0 Å². The van der Waals surface area contributed by atoms with Crippen molar-refractivity contribution in [3.8, 4) is 5.75 Å². The summed E-state index contributed by atoms with van der Waals surface area (Å²) in [6.45, 7) is 0. The van der Waals surface area contributed by atoms with Gasteiger partial charge in [-0.2, -0.15) is 0 Å². The molecule has 0 aliphatic rings. The van der Waals surface area contributed by atoms with Crippen LogP contribution in [0, 0.1) is 5.82 Å². The minimum absolute atomic E-state index is 0.0692. The van der Waals surface area contributed by atoms with Crippen molar-refractivity contribution in [2.75, 3.05) is 6.26 Å². The van der Waals surface area contributed by atoms with Gasteiger partial charge < -0.3 is 5.11 Å². The van der Waals surface area contributed by atoms with E-state index in [1.807, 2.05) is 0 Å². The highest BCUT2D eigenvalue weighted by Crippen LogP contribution is 2.30. The van der Waals surface area contributed by atoms with Crippen molar-refractivity contribution in [2.45, 2.75) is 4.90 Å². The largest absolute Gasteiger partial charge is 0.507 e. The molecule has 0 aromatic heterocycles. The summed E-state index contributed by atoms with van der Waals surface area (Å²) in [4.78, 5) is 0.523. The lowest BCUT2D eigenvalue weighted by molar-refractivity contribution is 0.463. The van der Waals surface area contributed by atoms with Gasteiger partial charge in [0, 0.05) is 11.0 Å². The highest BCUT2D eigenvalue weighted by molar-refractivity contribution is 9.10. The zero-order chi connectivity index (χ0) is 8.43. The second-order valence-electron chi connectivity index (χ2n) is 1.94. The first-order chi connectivity index (χ1) is 5.15. The van der Waals surface area contributed by atoms with Crippen molar-refractivity contribution < 1.29 is 9.50 Å². The molecule has 0 amide bonds. The number of thioether (sulfide) groups is 1. The molecule has 0 saturated heterocycles.